The average Bonchev–Trinajstić information content (AvgIpc) is 1.59. The number of aliphatic hydroxyl groups is 2. The molecule has 17 N–H and O–H groups in total. The number of halogens is 4. The Morgan fingerprint density at radius 1 is 0.390 bits per heavy atom. The summed E-state index contributed by atoms with van der Waals surface area (Å²) in [5, 5.41) is 65.0. The van der Waals surface area contributed by atoms with Crippen molar-refractivity contribution in [2.45, 2.75) is 123 Å². The lowest BCUT2D eigenvalue weighted by atomic mass is 10.1. The Balaban J connectivity index is 0.000000136. The third-order valence-corrected chi connectivity index (χ3v) is 22.2. The number of aliphatic hydroxyl groups excluding tert-OH is 2. The number of nitrogens with zero attached hydrogens (tertiary/aromatic N) is 12. The number of aryl methyl sites for hydroxylation is 5. The van der Waals surface area contributed by atoms with Crippen molar-refractivity contribution in [3.05, 3.63) is 197 Å². The van der Waals surface area contributed by atoms with Crippen molar-refractivity contribution in [1.29, 1.82) is 0 Å². The zero-order valence-electron chi connectivity index (χ0n) is 66.8. The van der Waals surface area contributed by atoms with Gasteiger partial charge in [0, 0.05) is 156 Å². The van der Waals surface area contributed by atoms with Crippen LogP contribution in [-0.4, -0.2) is 193 Å². The van der Waals surface area contributed by atoms with Crippen molar-refractivity contribution in [3.63, 3.8) is 0 Å². The second-order valence-corrected chi connectivity index (χ2v) is 31.1. The van der Waals surface area contributed by atoms with E-state index in [1.807, 2.05) is 98.4 Å². The number of rotatable bonds is 29. The lowest BCUT2D eigenvalue weighted by Crippen LogP contribution is -2.31. The van der Waals surface area contributed by atoms with Gasteiger partial charge >= 0.3 is 0 Å². The quantitative estimate of drug-likeness (QED) is 0.0194. The highest BCUT2D eigenvalue weighted by Gasteiger charge is 2.24. The van der Waals surface area contributed by atoms with Gasteiger partial charge in [0.2, 0.25) is 0 Å². The number of piperidine rings is 1. The van der Waals surface area contributed by atoms with Crippen molar-refractivity contribution in [2.24, 2.45) is 28.7 Å². The molecule has 15 aromatic rings. The molecular formula is C84H104Cl4N22O8. The topological polar surface area (TPSA) is 440 Å². The predicted octanol–water partition coefficient (Wildman–Crippen LogP) is 9.53. The normalized spacial score (nSPS) is 12.6. The fraction of sp³-hybridized carbons (Fsp3) is 0.405. The second kappa shape index (κ2) is 41.3. The van der Waals surface area contributed by atoms with E-state index in [9.17, 15) is 24.0 Å². The molecule has 34 heteroatoms. The molecule has 0 amide bonds. The molecule has 0 atom stereocenters. The van der Waals surface area contributed by atoms with Crippen LogP contribution in [0.15, 0.2) is 121 Å². The maximum atomic E-state index is 13.3. The number of para-hydroxylation sites is 1. The molecule has 0 unspecified atom stereocenters. The fourth-order valence-corrected chi connectivity index (χ4v) is 16.2. The average molecular weight is 1690 g/mol. The first-order chi connectivity index (χ1) is 57.3. The zero-order valence-corrected chi connectivity index (χ0v) is 69.8. The number of likely N-dealkylation sites (N-methyl/N-ethyl adjacent to an activating group) is 1. The van der Waals surface area contributed by atoms with Crippen LogP contribution < -0.4 is 56.5 Å². The standard InChI is InChI=1S/C20H26ClN5O.C17H22ClN5O.C17H21ClN4O2.C15H17ClN4O2.C15H18N4O2/c21-14-5-6-17-15(13-14)19-18(20(27)26(17)11-4-8-22)16(23-24-19)7-12-25-9-2-1-3-10-25;1-22(2)9-6-13-15-16(21-20-13)12-10-11(18)4-5-14(12)23(17(15)24)8-3-7-19;1-2-24-9-6-13-15-16(21-20-13)12-10-11(18)4-5-14(12)22(17(15)23)8-3-7-19;16-9-2-3-12-10(8-9)14-13(11(4-7-21)18-19-14)15(22)20(12)6-1-5-17;16-7-3-8-19-12-5-2-1-4-10(12)14-13(15(19)21)11(6-9-20)17-18-14/h5-6,13H,1-4,7-12,22H2,(H,23,24);4-5,10H,3,6-9,19H2,1-2H3,(H,20,21);4-5,10H,2-3,6-9,19H2,1H3,(H,20,21);2-3,8,21H,1,4-7,17H2,(H,18,19);1-2,4-5,20H,3,6-9,16H2,(H,17,18). The van der Waals surface area contributed by atoms with Gasteiger partial charge in [-0.15, -0.1) is 0 Å². The van der Waals surface area contributed by atoms with E-state index in [0.29, 0.717) is 185 Å². The molecule has 118 heavy (non-hydrogen) atoms. The fourth-order valence-electron chi connectivity index (χ4n) is 15.5. The minimum atomic E-state index is -0.115. The number of aromatic nitrogens is 15. The number of ether oxygens (including phenoxy) is 1. The van der Waals surface area contributed by atoms with E-state index in [1.165, 1.54) is 19.3 Å². The van der Waals surface area contributed by atoms with E-state index in [-0.39, 0.29) is 41.0 Å². The summed E-state index contributed by atoms with van der Waals surface area (Å²) in [5.41, 5.74) is 39.3. The van der Waals surface area contributed by atoms with Crippen molar-refractivity contribution in [2.75, 3.05) is 99.4 Å². The van der Waals surface area contributed by atoms with Gasteiger partial charge in [0.05, 0.1) is 78.2 Å². The van der Waals surface area contributed by atoms with Crippen LogP contribution in [0.5, 0.6) is 0 Å². The molecule has 10 aromatic heterocycles. The molecule has 1 aliphatic heterocycles. The van der Waals surface area contributed by atoms with E-state index in [0.717, 1.165) is 142 Å². The van der Waals surface area contributed by atoms with Crippen molar-refractivity contribution in [1.82, 2.24) is 83.6 Å². The maximum Gasteiger partial charge on any atom is 0.262 e. The Morgan fingerprint density at radius 2 is 0.686 bits per heavy atom. The summed E-state index contributed by atoms with van der Waals surface area (Å²) in [7, 11) is 4.01. The number of benzene rings is 5. The van der Waals surface area contributed by atoms with E-state index >= 15 is 0 Å². The van der Waals surface area contributed by atoms with Crippen LogP contribution in [0.25, 0.3) is 109 Å². The van der Waals surface area contributed by atoms with E-state index < -0.39 is 0 Å². The lowest BCUT2D eigenvalue weighted by molar-refractivity contribution is 0.150. The number of nitrogens with two attached hydrogens (primary N) is 5. The van der Waals surface area contributed by atoms with Crippen LogP contribution in [0.1, 0.15) is 86.8 Å². The Bertz CT molecular complexity index is 6330. The van der Waals surface area contributed by atoms with Crippen molar-refractivity contribution in [3.8, 4) is 0 Å². The van der Waals surface area contributed by atoms with E-state index in [4.69, 9.17) is 90.0 Å². The highest BCUT2D eigenvalue weighted by Crippen LogP contribution is 2.32. The number of aromatic amines is 5. The smallest absolute Gasteiger partial charge is 0.262 e. The summed E-state index contributed by atoms with van der Waals surface area (Å²) in [6.45, 7) is 12.7. The Hall–Kier alpha value is -9.74. The molecule has 1 aliphatic rings. The summed E-state index contributed by atoms with van der Waals surface area (Å²) in [5.74, 6) is 0. The van der Waals surface area contributed by atoms with Gasteiger partial charge in [0.15, 0.2) is 0 Å². The number of nitrogens with one attached hydrogen (secondary N) is 5. The summed E-state index contributed by atoms with van der Waals surface area (Å²) in [6, 6.07) is 29.8. The van der Waals surface area contributed by atoms with E-state index in [1.54, 1.807) is 42.5 Å². The van der Waals surface area contributed by atoms with Crippen molar-refractivity contribution >= 4 is 155 Å². The molecule has 16 rings (SSSR count). The van der Waals surface area contributed by atoms with Gasteiger partial charge in [-0.1, -0.05) is 71.0 Å². The SMILES string of the molecule is CCOCCc1[nH]nc2c1c(=O)n(CCCN)c1ccc(Cl)cc21.CN(C)CCc1[nH]nc2c1c(=O)n(CCCN)c1ccc(Cl)cc21.NCCCn1c(=O)c2c(CCN3CCCCC3)[nH]nc2c2cc(Cl)ccc21.NCCCn1c(=O)c2c(CCO)[nH]nc2c2cc(Cl)ccc21.NCCCn1c(=O)c2c(CCO)[nH]nc2c2ccccc21. The molecule has 1 saturated heterocycles. The van der Waals surface area contributed by atoms with Gasteiger partial charge in [-0.25, -0.2) is 0 Å². The van der Waals surface area contributed by atoms with Crippen LogP contribution in [0.2, 0.25) is 20.1 Å². The van der Waals surface area contributed by atoms with Gasteiger partial charge in [-0.2, -0.15) is 25.5 Å². The summed E-state index contributed by atoms with van der Waals surface area (Å²) in [4.78, 5) is 69.6. The highest BCUT2D eigenvalue weighted by atomic mass is 35.5. The van der Waals surface area contributed by atoms with Crippen LogP contribution in [-0.2, 0) is 69.6 Å². The summed E-state index contributed by atoms with van der Waals surface area (Å²) < 4.78 is 14.2. The van der Waals surface area contributed by atoms with Crippen LogP contribution in [0.4, 0.5) is 0 Å². The van der Waals surface area contributed by atoms with Crippen molar-refractivity contribution < 1.29 is 14.9 Å². The third-order valence-electron chi connectivity index (χ3n) is 21.3. The molecular weight excluding hydrogens is 1590 g/mol. The minimum absolute atomic E-state index is 0.00988. The number of hydrogen-bond acceptors (Lipinski definition) is 20. The first kappa shape index (κ1) is 87.6. The van der Waals surface area contributed by atoms with Gasteiger partial charge in [-0.05, 0) is 191 Å². The van der Waals surface area contributed by atoms with Gasteiger partial charge in [0.1, 0.15) is 27.6 Å². The zero-order chi connectivity index (χ0) is 83.7. The predicted molar refractivity (Wildman–Crippen MR) is 476 cm³/mol. The molecule has 5 aromatic carbocycles. The van der Waals surface area contributed by atoms with Gasteiger partial charge in [0.25, 0.3) is 27.8 Å². The van der Waals surface area contributed by atoms with Gasteiger partial charge in [-0.3, -0.25) is 49.5 Å². The maximum absolute atomic E-state index is 13.3. The minimum Gasteiger partial charge on any atom is -0.396 e. The highest BCUT2D eigenvalue weighted by molar-refractivity contribution is 6.33. The third kappa shape index (κ3) is 19.3. The Labute approximate surface area is 698 Å². The van der Waals surface area contributed by atoms with Gasteiger partial charge < -0.3 is 76.3 Å². The van der Waals surface area contributed by atoms with Crippen LogP contribution in [0, 0.1) is 0 Å². The van der Waals surface area contributed by atoms with Crippen LogP contribution >= 0.6 is 46.4 Å². The number of fused-ring (bicyclic) bond motifs is 15. The lowest BCUT2D eigenvalue weighted by Gasteiger charge is -2.26. The number of hydrogen-bond donors (Lipinski definition) is 12. The molecule has 0 bridgehead atoms. The second-order valence-electron chi connectivity index (χ2n) is 29.4. The molecule has 0 saturated carbocycles. The van der Waals surface area contributed by atoms with Crippen LogP contribution in [0.3, 0.4) is 0 Å². The molecule has 0 spiro atoms. The number of pyridine rings is 5. The molecule has 30 nitrogen and oxygen atoms in total. The molecule has 0 aliphatic carbocycles. The molecule has 0 radical (unpaired) electrons. The summed E-state index contributed by atoms with van der Waals surface area (Å²) in [6.07, 6.45) is 10.4. The largest absolute Gasteiger partial charge is 0.396 e. The molecule has 11 heterocycles. The summed E-state index contributed by atoms with van der Waals surface area (Å²) >= 11 is 24.7. The van der Waals surface area contributed by atoms with E-state index in [2.05, 4.69) is 60.8 Å². The Kier molecular flexibility index (Phi) is 30.6. The first-order valence-corrected chi connectivity index (χ1v) is 41.8. The molecule has 626 valence electrons. The molecule has 1 fully saturated rings. The monoisotopic (exact) mass is 1690 g/mol. The number of H-pyrrole nitrogens is 5. The number of likely N-dealkylation sites (tertiary alicyclic amines) is 1. The first-order valence-electron chi connectivity index (χ1n) is 40.2. The Morgan fingerprint density at radius 3 is 1.00 bits per heavy atom.